The maximum Gasteiger partial charge on any atom is 0.261 e. The van der Waals surface area contributed by atoms with Crippen molar-refractivity contribution in [2.45, 2.75) is 11.4 Å². The van der Waals surface area contributed by atoms with Gasteiger partial charge in [0.15, 0.2) is 9.84 Å². The van der Waals surface area contributed by atoms with E-state index in [2.05, 4.69) is 5.32 Å². The van der Waals surface area contributed by atoms with Crippen LogP contribution in [-0.4, -0.2) is 20.6 Å². The van der Waals surface area contributed by atoms with Crippen molar-refractivity contribution in [3.63, 3.8) is 0 Å². The summed E-state index contributed by atoms with van der Waals surface area (Å²) in [5.41, 5.74) is 0.827. The lowest BCUT2D eigenvalue weighted by Gasteiger charge is -2.05. The number of sulfone groups is 1. The second-order valence-electron chi connectivity index (χ2n) is 4.20. The molecule has 106 valence electrons. The molecule has 0 radical (unpaired) electrons. The fraction of sp³-hybridized carbons (Fsp3) is 0.154. The molecule has 0 aliphatic carbocycles. The van der Waals surface area contributed by atoms with Crippen molar-refractivity contribution >= 4 is 38.7 Å². The number of hydrogen-bond donors (Lipinski definition) is 1. The van der Waals surface area contributed by atoms with Gasteiger partial charge in [0.25, 0.3) is 5.91 Å². The van der Waals surface area contributed by atoms with Crippen LogP contribution >= 0.6 is 22.9 Å². The Bertz CT molecular complexity index is 720. The molecule has 1 amide bonds. The summed E-state index contributed by atoms with van der Waals surface area (Å²) in [6.07, 6.45) is 1.16. The summed E-state index contributed by atoms with van der Waals surface area (Å²) >= 11 is 6.97. The van der Waals surface area contributed by atoms with Gasteiger partial charge in [0.05, 0.1) is 14.1 Å². The minimum Gasteiger partial charge on any atom is -0.347 e. The predicted octanol–water partition coefficient (Wildman–Crippen LogP) is 2.74. The quantitative estimate of drug-likeness (QED) is 0.938. The Labute approximate surface area is 126 Å². The predicted molar refractivity (Wildman–Crippen MR) is 80.1 cm³/mol. The lowest BCUT2D eigenvalue weighted by molar-refractivity contribution is 0.0955. The summed E-state index contributed by atoms with van der Waals surface area (Å²) in [6, 6.07) is 9.74. The smallest absolute Gasteiger partial charge is 0.261 e. The fourth-order valence-electron chi connectivity index (χ4n) is 1.56. The molecule has 0 fully saturated rings. The van der Waals surface area contributed by atoms with E-state index in [1.54, 1.807) is 24.3 Å². The summed E-state index contributed by atoms with van der Waals surface area (Å²) in [5, 5.41) is 2.75. The number of amides is 1. The van der Waals surface area contributed by atoms with Crippen LogP contribution in [0.2, 0.25) is 4.34 Å². The van der Waals surface area contributed by atoms with Crippen LogP contribution in [0.25, 0.3) is 0 Å². The molecule has 7 heteroatoms. The van der Waals surface area contributed by atoms with E-state index in [1.807, 2.05) is 0 Å². The zero-order valence-electron chi connectivity index (χ0n) is 10.6. The second-order valence-corrected chi connectivity index (χ2v) is 7.93. The Balaban J connectivity index is 1.99. The highest BCUT2D eigenvalue weighted by molar-refractivity contribution is 7.90. The molecule has 0 aliphatic rings. The topological polar surface area (TPSA) is 63.2 Å². The average molecular weight is 330 g/mol. The lowest BCUT2D eigenvalue weighted by Crippen LogP contribution is -2.21. The first-order chi connectivity index (χ1) is 9.36. The first-order valence-corrected chi connectivity index (χ1v) is 8.77. The van der Waals surface area contributed by atoms with E-state index in [0.717, 1.165) is 11.8 Å². The van der Waals surface area contributed by atoms with Crippen LogP contribution in [0.15, 0.2) is 41.3 Å². The summed E-state index contributed by atoms with van der Waals surface area (Å²) in [7, 11) is -3.19. The van der Waals surface area contributed by atoms with Crippen LogP contribution in [0.4, 0.5) is 0 Å². The summed E-state index contributed by atoms with van der Waals surface area (Å²) in [6.45, 7) is 0.332. The Hall–Kier alpha value is -1.37. The molecule has 20 heavy (non-hydrogen) atoms. The maximum absolute atomic E-state index is 11.8. The Morgan fingerprint density at radius 3 is 2.35 bits per heavy atom. The normalized spacial score (nSPS) is 11.3. The van der Waals surface area contributed by atoms with Gasteiger partial charge in [-0.15, -0.1) is 11.3 Å². The highest BCUT2D eigenvalue weighted by atomic mass is 35.5. The van der Waals surface area contributed by atoms with Crippen LogP contribution in [0.5, 0.6) is 0 Å². The average Bonchev–Trinajstić information content (AvgIpc) is 2.82. The van der Waals surface area contributed by atoms with E-state index in [9.17, 15) is 13.2 Å². The van der Waals surface area contributed by atoms with Crippen molar-refractivity contribution in [2.24, 2.45) is 0 Å². The number of rotatable bonds is 4. The fourth-order valence-corrected chi connectivity index (χ4v) is 3.15. The summed E-state index contributed by atoms with van der Waals surface area (Å²) in [4.78, 5) is 12.6. The van der Waals surface area contributed by atoms with Crippen molar-refractivity contribution in [1.29, 1.82) is 0 Å². The number of halogens is 1. The van der Waals surface area contributed by atoms with Crippen molar-refractivity contribution in [3.8, 4) is 0 Å². The molecule has 0 atom stereocenters. The van der Waals surface area contributed by atoms with E-state index in [1.165, 1.54) is 23.5 Å². The third-order valence-corrected chi connectivity index (χ3v) is 4.96. The second kappa shape index (κ2) is 5.95. The summed E-state index contributed by atoms with van der Waals surface area (Å²) in [5.74, 6) is -0.200. The molecular weight excluding hydrogens is 318 g/mol. The monoisotopic (exact) mass is 329 g/mol. The molecule has 1 heterocycles. The summed E-state index contributed by atoms with van der Waals surface area (Å²) < 4.78 is 23.2. The molecule has 0 saturated heterocycles. The highest BCUT2D eigenvalue weighted by Gasteiger charge is 2.09. The van der Waals surface area contributed by atoms with Gasteiger partial charge in [-0.3, -0.25) is 4.79 Å². The van der Waals surface area contributed by atoms with Gasteiger partial charge < -0.3 is 5.32 Å². The van der Waals surface area contributed by atoms with E-state index in [4.69, 9.17) is 11.6 Å². The van der Waals surface area contributed by atoms with Gasteiger partial charge in [-0.25, -0.2) is 8.42 Å². The molecule has 2 rings (SSSR count). The number of carbonyl (C=O) groups is 1. The Kier molecular flexibility index (Phi) is 4.47. The van der Waals surface area contributed by atoms with Crippen molar-refractivity contribution in [1.82, 2.24) is 5.32 Å². The number of nitrogens with one attached hydrogen (secondary N) is 1. The molecule has 0 bridgehead atoms. The largest absolute Gasteiger partial charge is 0.347 e. The van der Waals surface area contributed by atoms with Gasteiger partial charge in [-0.05, 0) is 29.8 Å². The van der Waals surface area contributed by atoms with Crippen LogP contribution in [0.3, 0.4) is 0 Å². The first-order valence-electron chi connectivity index (χ1n) is 5.69. The maximum atomic E-state index is 11.8. The van der Waals surface area contributed by atoms with Crippen LogP contribution in [0.1, 0.15) is 15.2 Å². The highest BCUT2D eigenvalue weighted by Crippen LogP contribution is 2.21. The zero-order chi connectivity index (χ0) is 14.8. The van der Waals surface area contributed by atoms with Gasteiger partial charge in [-0.2, -0.15) is 0 Å². The molecule has 0 unspecified atom stereocenters. The molecule has 2 aromatic rings. The first kappa shape index (κ1) is 15.0. The molecule has 0 aliphatic heterocycles. The van der Waals surface area contributed by atoms with Crippen molar-refractivity contribution < 1.29 is 13.2 Å². The SMILES string of the molecule is CS(=O)(=O)c1ccc(CNC(=O)c2ccc(Cl)s2)cc1. The van der Waals surface area contributed by atoms with Crippen LogP contribution < -0.4 is 5.32 Å². The van der Waals surface area contributed by atoms with Crippen molar-refractivity contribution in [3.05, 3.63) is 51.2 Å². The van der Waals surface area contributed by atoms with E-state index >= 15 is 0 Å². The van der Waals surface area contributed by atoms with E-state index < -0.39 is 9.84 Å². The number of benzene rings is 1. The molecule has 1 aromatic carbocycles. The standard InChI is InChI=1S/C13H12ClNO3S2/c1-20(17,18)10-4-2-9(3-5-10)8-15-13(16)11-6-7-12(14)19-11/h2-7H,8H2,1H3,(H,15,16). The van der Waals surface area contributed by atoms with Gasteiger partial charge >= 0.3 is 0 Å². The Morgan fingerprint density at radius 1 is 1.20 bits per heavy atom. The van der Waals surface area contributed by atoms with Gasteiger partial charge in [0, 0.05) is 12.8 Å². The number of hydrogen-bond acceptors (Lipinski definition) is 4. The molecule has 0 saturated carbocycles. The third kappa shape index (κ3) is 3.82. The molecular formula is C13H12ClNO3S2. The van der Waals surface area contributed by atoms with Crippen LogP contribution in [-0.2, 0) is 16.4 Å². The molecule has 4 nitrogen and oxygen atoms in total. The zero-order valence-corrected chi connectivity index (χ0v) is 13.0. The van der Waals surface area contributed by atoms with Gasteiger partial charge in [0.2, 0.25) is 0 Å². The minimum atomic E-state index is -3.19. The lowest BCUT2D eigenvalue weighted by atomic mass is 10.2. The number of thiophene rings is 1. The molecule has 0 spiro atoms. The van der Waals surface area contributed by atoms with Crippen molar-refractivity contribution in [2.75, 3.05) is 6.26 Å². The minimum absolute atomic E-state index is 0.200. The molecule has 1 aromatic heterocycles. The van der Waals surface area contributed by atoms with E-state index in [0.29, 0.717) is 15.8 Å². The third-order valence-electron chi connectivity index (χ3n) is 2.60. The van der Waals surface area contributed by atoms with Gasteiger partial charge in [-0.1, -0.05) is 23.7 Å². The van der Waals surface area contributed by atoms with Gasteiger partial charge in [0.1, 0.15) is 0 Å². The number of carbonyl (C=O) groups excluding carboxylic acids is 1. The molecule has 1 N–H and O–H groups in total. The Morgan fingerprint density at radius 2 is 1.85 bits per heavy atom. The van der Waals surface area contributed by atoms with E-state index in [-0.39, 0.29) is 10.8 Å². The van der Waals surface area contributed by atoms with Crippen LogP contribution in [0, 0.1) is 0 Å².